The second-order valence-corrected chi connectivity index (χ2v) is 4.54. The molecule has 0 radical (unpaired) electrons. The van der Waals surface area contributed by atoms with Crippen LogP contribution in [0.15, 0.2) is 22.7 Å². The number of benzene rings is 1. The van der Waals surface area contributed by atoms with Gasteiger partial charge in [0.15, 0.2) is 0 Å². The summed E-state index contributed by atoms with van der Waals surface area (Å²) < 4.78 is 41.4. The number of nitrogens with two attached hydrogens (primary N) is 1. The molecule has 2 N–H and O–H groups in total. The van der Waals surface area contributed by atoms with Crippen LogP contribution in [0.3, 0.4) is 0 Å². The molecule has 0 saturated carbocycles. The normalized spacial score (nSPS) is 13.5. The van der Waals surface area contributed by atoms with E-state index in [1.165, 1.54) is 0 Å². The van der Waals surface area contributed by atoms with Crippen LogP contribution in [0.25, 0.3) is 0 Å². The molecule has 1 rings (SSSR count). The van der Waals surface area contributed by atoms with Crippen molar-refractivity contribution in [2.24, 2.45) is 5.73 Å². The van der Waals surface area contributed by atoms with Crippen LogP contribution in [-0.4, -0.2) is 12.8 Å². The molecule has 0 aliphatic rings. The maximum atomic E-state index is 11.9. The van der Waals surface area contributed by atoms with Crippen molar-refractivity contribution in [2.45, 2.75) is 25.6 Å². The summed E-state index contributed by atoms with van der Waals surface area (Å²) >= 11 is 3.30. The molecule has 1 aromatic carbocycles. The Kier molecular flexibility index (Phi) is 4.82. The third kappa shape index (κ3) is 4.95. The Labute approximate surface area is 106 Å². The van der Waals surface area contributed by atoms with Crippen molar-refractivity contribution in [1.29, 1.82) is 0 Å². The second-order valence-electron chi connectivity index (χ2n) is 3.69. The van der Waals surface area contributed by atoms with Crippen molar-refractivity contribution in [3.05, 3.63) is 28.2 Å². The van der Waals surface area contributed by atoms with E-state index in [9.17, 15) is 13.2 Å². The number of halogens is 4. The number of alkyl halides is 3. The highest BCUT2D eigenvalue weighted by molar-refractivity contribution is 9.10. The second kappa shape index (κ2) is 5.73. The highest BCUT2D eigenvalue weighted by Crippen LogP contribution is 2.27. The predicted molar refractivity (Wildman–Crippen MR) is 62.9 cm³/mol. The Balaban J connectivity index is 2.59. The minimum Gasteiger partial charge on any atom is -0.493 e. The fourth-order valence-electron chi connectivity index (χ4n) is 1.25. The van der Waals surface area contributed by atoms with Crippen molar-refractivity contribution < 1.29 is 17.9 Å². The van der Waals surface area contributed by atoms with E-state index in [0.29, 0.717) is 5.75 Å². The predicted octanol–water partition coefficient (Wildman–Crippen LogP) is 3.80. The number of hydrogen-bond acceptors (Lipinski definition) is 2. The number of rotatable bonds is 4. The average molecular weight is 312 g/mol. The first-order valence-corrected chi connectivity index (χ1v) is 5.83. The van der Waals surface area contributed by atoms with Gasteiger partial charge < -0.3 is 10.5 Å². The van der Waals surface area contributed by atoms with Crippen LogP contribution in [0.1, 0.15) is 24.9 Å². The minimum absolute atomic E-state index is 0.145. The molecule has 0 aliphatic carbocycles. The number of ether oxygens (including phenoxy) is 1. The Hall–Kier alpha value is -0.750. The topological polar surface area (TPSA) is 35.2 Å². The Morgan fingerprint density at radius 1 is 1.41 bits per heavy atom. The van der Waals surface area contributed by atoms with E-state index < -0.39 is 12.6 Å². The molecule has 0 fully saturated rings. The van der Waals surface area contributed by atoms with Gasteiger partial charge in [0.25, 0.3) is 0 Å². The van der Waals surface area contributed by atoms with Gasteiger partial charge in [-0.3, -0.25) is 0 Å². The minimum atomic E-state index is -4.19. The van der Waals surface area contributed by atoms with Crippen molar-refractivity contribution in [2.75, 3.05) is 6.61 Å². The molecule has 0 aromatic heterocycles. The van der Waals surface area contributed by atoms with Gasteiger partial charge >= 0.3 is 6.18 Å². The van der Waals surface area contributed by atoms with Crippen molar-refractivity contribution in [1.82, 2.24) is 0 Å². The van der Waals surface area contributed by atoms with Crippen LogP contribution in [0.5, 0.6) is 5.75 Å². The summed E-state index contributed by atoms with van der Waals surface area (Å²) in [6.45, 7) is 1.44. The van der Waals surface area contributed by atoms with Crippen molar-refractivity contribution >= 4 is 15.9 Å². The molecule has 0 spiro atoms. The summed E-state index contributed by atoms with van der Waals surface area (Å²) in [5.74, 6) is 0.394. The number of hydrogen-bond donors (Lipinski definition) is 1. The van der Waals surface area contributed by atoms with Gasteiger partial charge in [0.1, 0.15) is 5.75 Å². The molecule has 1 aromatic rings. The third-order valence-electron chi connectivity index (χ3n) is 2.12. The SMILES string of the molecule is C[C@@H](N)c1ccc(OCCC(F)(F)F)cc1Br. The third-order valence-corrected chi connectivity index (χ3v) is 2.80. The van der Waals surface area contributed by atoms with E-state index in [1.54, 1.807) is 18.2 Å². The monoisotopic (exact) mass is 311 g/mol. The maximum Gasteiger partial charge on any atom is 0.392 e. The van der Waals surface area contributed by atoms with Gasteiger partial charge in [-0.2, -0.15) is 13.2 Å². The molecule has 2 nitrogen and oxygen atoms in total. The smallest absolute Gasteiger partial charge is 0.392 e. The van der Waals surface area contributed by atoms with E-state index in [4.69, 9.17) is 10.5 Å². The van der Waals surface area contributed by atoms with Gasteiger partial charge in [0, 0.05) is 10.5 Å². The van der Waals surface area contributed by atoms with Gasteiger partial charge in [-0.15, -0.1) is 0 Å². The Bertz CT molecular complexity index is 379. The average Bonchev–Trinajstić information content (AvgIpc) is 2.15. The molecule has 0 heterocycles. The molecule has 1 atom stereocenters. The quantitative estimate of drug-likeness (QED) is 0.918. The zero-order valence-electron chi connectivity index (χ0n) is 9.22. The van der Waals surface area contributed by atoms with Gasteiger partial charge in [-0.05, 0) is 24.6 Å². The molecule has 0 aliphatic heterocycles. The van der Waals surface area contributed by atoms with Crippen LogP contribution in [-0.2, 0) is 0 Å². The van der Waals surface area contributed by atoms with Crippen LogP contribution in [0.4, 0.5) is 13.2 Å². The molecule has 17 heavy (non-hydrogen) atoms. The van der Waals surface area contributed by atoms with Gasteiger partial charge in [-0.25, -0.2) is 0 Å². The highest BCUT2D eigenvalue weighted by atomic mass is 79.9. The Morgan fingerprint density at radius 2 is 2.06 bits per heavy atom. The fraction of sp³-hybridized carbons (Fsp3) is 0.455. The van der Waals surface area contributed by atoms with Crippen molar-refractivity contribution in [3.8, 4) is 5.75 Å². The first kappa shape index (κ1) is 14.3. The molecule has 96 valence electrons. The van der Waals surface area contributed by atoms with Crippen molar-refractivity contribution in [3.63, 3.8) is 0 Å². The lowest BCUT2D eigenvalue weighted by Gasteiger charge is -2.12. The molecule has 6 heteroatoms. The zero-order valence-corrected chi connectivity index (χ0v) is 10.8. The van der Waals surface area contributed by atoms with Crippen LogP contribution in [0, 0.1) is 0 Å². The van der Waals surface area contributed by atoms with E-state index in [-0.39, 0.29) is 12.6 Å². The van der Waals surface area contributed by atoms with Gasteiger partial charge in [0.2, 0.25) is 0 Å². The molecular weight excluding hydrogens is 299 g/mol. The zero-order chi connectivity index (χ0) is 13.1. The first-order chi connectivity index (χ1) is 7.79. The molecule has 0 bridgehead atoms. The molecule has 0 amide bonds. The van der Waals surface area contributed by atoms with Crippen LogP contribution < -0.4 is 10.5 Å². The summed E-state index contributed by atoms with van der Waals surface area (Å²) in [6, 6.07) is 4.82. The summed E-state index contributed by atoms with van der Waals surface area (Å²) in [5.41, 5.74) is 6.58. The summed E-state index contributed by atoms with van der Waals surface area (Å²) in [4.78, 5) is 0. The van der Waals surface area contributed by atoms with Crippen LogP contribution >= 0.6 is 15.9 Å². The van der Waals surface area contributed by atoms with Gasteiger partial charge in [0.05, 0.1) is 13.0 Å². The summed E-state index contributed by atoms with van der Waals surface area (Å²) in [7, 11) is 0. The highest BCUT2D eigenvalue weighted by Gasteiger charge is 2.26. The maximum absolute atomic E-state index is 11.9. The molecular formula is C11H13BrF3NO. The summed E-state index contributed by atoms with van der Waals surface area (Å²) in [6.07, 6.45) is -5.15. The standard InChI is InChI=1S/C11H13BrF3NO/c1-7(16)9-3-2-8(6-10(9)12)17-5-4-11(13,14)15/h2-3,6-7H,4-5,16H2,1H3/t7-/m1/s1. The largest absolute Gasteiger partial charge is 0.493 e. The molecule has 0 unspecified atom stereocenters. The Morgan fingerprint density at radius 3 is 2.53 bits per heavy atom. The van der Waals surface area contributed by atoms with E-state index in [2.05, 4.69) is 15.9 Å². The lowest BCUT2D eigenvalue weighted by atomic mass is 10.1. The summed E-state index contributed by atoms with van der Waals surface area (Å²) in [5, 5.41) is 0. The lowest BCUT2D eigenvalue weighted by Crippen LogP contribution is -2.13. The van der Waals surface area contributed by atoms with E-state index in [1.807, 2.05) is 6.92 Å². The fourth-order valence-corrected chi connectivity index (χ4v) is 1.97. The lowest BCUT2D eigenvalue weighted by molar-refractivity contribution is -0.139. The van der Waals surface area contributed by atoms with Gasteiger partial charge in [-0.1, -0.05) is 22.0 Å². The molecule has 0 saturated heterocycles. The first-order valence-electron chi connectivity index (χ1n) is 5.04. The van der Waals surface area contributed by atoms with Crippen LogP contribution in [0.2, 0.25) is 0 Å². The van der Waals surface area contributed by atoms with E-state index >= 15 is 0 Å². The van der Waals surface area contributed by atoms with E-state index in [0.717, 1.165) is 10.0 Å².